The fourth-order valence-electron chi connectivity index (χ4n) is 3.33. The second-order valence-corrected chi connectivity index (χ2v) is 9.67. The monoisotopic (exact) mass is 552 g/mol. The van der Waals surface area contributed by atoms with Crippen molar-refractivity contribution in [2.24, 2.45) is 16.8 Å². The van der Waals surface area contributed by atoms with Crippen molar-refractivity contribution in [2.75, 3.05) is 34.3 Å². The van der Waals surface area contributed by atoms with Gasteiger partial charge in [0.1, 0.15) is 0 Å². The molecule has 170 valence electrons. The highest BCUT2D eigenvalue weighted by molar-refractivity contribution is 14.0. The Kier molecular flexibility index (Phi) is 10.0. The second-order valence-electron chi connectivity index (χ2n) is 7.67. The van der Waals surface area contributed by atoms with Crippen molar-refractivity contribution in [1.29, 1.82) is 0 Å². The number of hydrogen-bond acceptors (Lipinski definition) is 5. The first kappa shape index (κ1) is 26.6. The zero-order valence-corrected chi connectivity index (χ0v) is 21.6. The molecule has 2 unspecified atom stereocenters. The van der Waals surface area contributed by atoms with E-state index in [1.807, 2.05) is 25.7 Å². The molecule has 0 bridgehead atoms. The minimum atomic E-state index is -3.49. The summed E-state index contributed by atoms with van der Waals surface area (Å²) in [6.07, 6.45) is 0. The van der Waals surface area contributed by atoms with E-state index in [1.165, 1.54) is 11.4 Å². The smallest absolute Gasteiger partial charge is 0.310 e. The summed E-state index contributed by atoms with van der Waals surface area (Å²) in [6.45, 7) is 7.49. The van der Waals surface area contributed by atoms with Gasteiger partial charge in [-0.25, -0.2) is 8.42 Å². The van der Waals surface area contributed by atoms with Crippen LogP contribution in [0.5, 0.6) is 0 Å². The topological polar surface area (TPSA) is 91.3 Å². The molecule has 0 radical (unpaired) electrons. The van der Waals surface area contributed by atoms with Crippen LogP contribution in [-0.4, -0.2) is 69.9 Å². The predicted molar refractivity (Wildman–Crippen MR) is 128 cm³/mol. The number of benzene rings is 1. The number of carbonyl (C=O) groups is 1. The SMILES string of the molecule is CN=C(NCc1ccc(S(=O)(=O)N(C)C(C)C)cc1)N1CC(C)C(C(=O)OC)C1.I. The first-order valence-corrected chi connectivity index (χ1v) is 11.2. The van der Waals surface area contributed by atoms with Gasteiger partial charge in [-0.1, -0.05) is 19.1 Å². The van der Waals surface area contributed by atoms with Gasteiger partial charge in [0.2, 0.25) is 10.0 Å². The van der Waals surface area contributed by atoms with Gasteiger partial charge in [0.25, 0.3) is 0 Å². The van der Waals surface area contributed by atoms with Crippen LogP contribution in [0, 0.1) is 11.8 Å². The molecule has 0 spiro atoms. The molecule has 1 aromatic carbocycles. The molecule has 1 aliphatic rings. The Balaban J connectivity index is 0.00000450. The van der Waals surface area contributed by atoms with E-state index >= 15 is 0 Å². The number of esters is 1. The number of ether oxygens (including phenoxy) is 1. The van der Waals surface area contributed by atoms with E-state index in [1.54, 1.807) is 38.4 Å². The van der Waals surface area contributed by atoms with Crippen LogP contribution < -0.4 is 5.32 Å². The quantitative estimate of drug-likeness (QED) is 0.252. The van der Waals surface area contributed by atoms with Gasteiger partial charge in [0.05, 0.1) is 17.9 Å². The fourth-order valence-corrected chi connectivity index (χ4v) is 4.70. The molecule has 1 aromatic rings. The second kappa shape index (κ2) is 11.3. The number of carbonyl (C=O) groups excluding carboxylic acids is 1. The summed E-state index contributed by atoms with van der Waals surface area (Å²) in [4.78, 5) is 18.5. The minimum Gasteiger partial charge on any atom is -0.469 e. The van der Waals surface area contributed by atoms with Crippen LogP contribution in [0.2, 0.25) is 0 Å². The summed E-state index contributed by atoms with van der Waals surface area (Å²) in [5.41, 5.74) is 0.939. The molecular weight excluding hydrogens is 519 g/mol. The van der Waals surface area contributed by atoms with Crippen molar-refractivity contribution in [3.8, 4) is 0 Å². The number of guanidine groups is 1. The van der Waals surface area contributed by atoms with E-state index in [2.05, 4.69) is 10.3 Å². The van der Waals surface area contributed by atoms with E-state index < -0.39 is 10.0 Å². The van der Waals surface area contributed by atoms with Gasteiger partial charge in [-0.15, -0.1) is 24.0 Å². The number of sulfonamides is 1. The molecule has 0 aromatic heterocycles. The third-order valence-electron chi connectivity index (χ3n) is 5.41. The number of aliphatic imine (C=N–C) groups is 1. The number of nitrogens with zero attached hydrogens (tertiary/aromatic N) is 3. The molecule has 8 nitrogen and oxygen atoms in total. The van der Waals surface area contributed by atoms with Gasteiger partial charge in [0.15, 0.2) is 5.96 Å². The maximum Gasteiger partial charge on any atom is 0.310 e. The lowest BCUT2D eigenvalue weighted by Gasteiger charge is -2.22. The summed E-state index contributed by atoms with van der Waals surface area (Å²) in [5.74, 6) is 0.530. The number of methoxy groups -OCH3 is 1. The zero-order valence-electron chi connectivity index (χ0n) is 18.5. The van der Waals surface area contributed by atoms with Gasteiger partial charge in [-0.05, 0) is 37.5 Å². The lowest BCUT2D eigenvalue weighted by Crippen LogP contribution is -2.40. The molecule has 0 amide bonds. The Morgan fingerprint density at radius 2 is 1.90 bits per heavy atom. The molecule has 1 saturated heterocycles. The average molecular weight is 552 g/mol. The first-order valence-electron chi connectivity index (χ1n) is 9.72. The van der Waals surface area contributed by atoms with Crippen molar-refractivity contribution < 1.29 is 17.9 Å². The summed E-state index contributed by atoms with van der Waals surface area (Å²) in [6, 6.07) is 6.73. The van der Waals surface area contributed by atoms with Gasteiger partial charge in [-0.2, -0.15) is 4.31 Å². The van der Waals surface area contributed by atoms with Gasteiger partial charge < -0.3 is 15.0 Å². The zero-order chi connectivity index (χ0) is 21.8. The predicted octanol–water partition coefficient (Wildman–Crippen LogP) is 2.15. The molecule has 0 saturated carbocycles. The third kappa shape index (κ3) is 6.07. The maximum absolute atomic E-state index is 12.6. The Morgan fingerprint density at radius 3 is 2.40 bits per heavy atom. The molecule has 1 aliphatic heterocycles. The largest absolute Gasteiger partial charge is 0.469 e. The molecule has 0 aliphatic carbocycles. The van der Waals surface area contributed by atoms with Crippen LogP contribution in [-0.2, 0) is 26.1 Å². The molecular formula is C20H33IN4O4S. The average Bonchev–Trinajstić information content (AvgIpc) is 3.08. The van der Waals surface area contributed by atoms with Crippen molar-refractivity contribution in [1.82, 2.24) is 14.5 Å². The van der Waals surface area contributed by atoms with E-state index in [-0.39, 0.29) is 52.7 Å². The van der Waals surface area contributed by atoms with E-state index in [0.717, 1.165) is 12.1 Å². The summed E-state index contributed by atoms with van der Waals surface area (Å²) in [7, 11) is 1.21. The third-order valence-corrected chi connectivity index (χ3v) is 7.45. The van der Waals surface area contributed by atoms with Crippen molar-refractivity contribution in [3.05, 3.63) is 29.8 Å². The number of halogens is 1. The van der Waals surface area contributed by atoms with Gasteiger partial charge >= 0.3 is 5.97 Å². The number of hydrogen-bond donors (Lipinski definition) is 1. The normalized spacial score (nSPS) is 19.7. The maximum atomic E-state index is 12.6. The van der Waals surface area contributed by atoms with Crippen LogP contribution in [0.1, 0.15) is 26.3 Å². The Hall–Kier alpha value is -1.40. The van der Waals surface area contributed by atoms with Crippen molar-refractivity contribution in [2.45, 2.75) is 38.3 Å². The molecule has 2 atom stereocenters. The molecule has 30 heavy (non-hydrogen) atoms. The Bertz CT molecular complexity index is 843. The highest BCUT2D eigenvalue weighted by Gasteiger charge is 2.36. The molecule has 2 rings (SSSR count). The minimum absolute atomic E-state index is 0. The number of likely N-dealkylation sites (tertiary alicyclic amines) is 1. The van der Waals surface area contributed by atoms with E-state index in [9.17, 15) is 13.2 Å². The van der Waals surface area contributed by atoms with Crippen LogP contribution in [0.3, 0.4) is 0 Å². The van der Waals surface area contributed by atoms with Gasteiger partial charge in [-0.3, -0.25) is 9.79 Å². The summed E-state index contributed by atoms with van der Waals surface area (Å²) >= 11 is 0. The molecule has 10 heteroatoms. The van der Waals surface area contributed by atoms with Crippen LogP contribution in [0.15, 0.2) is 34.2 Å². The highest BCUT2D eigenvalue weighted by atomic mass is 127. The van der Waals surface area contributed by atoms with E-state index in [0.29, 0.717) is 19.0 Å². The van der Waals surface area contributed by atoms with E-state index in [4.69, 9.17) is 4.74 Å². The van der Waals surface area contributed by atoms with Gasteiger partial charge in [0, 0.05) is 39.8 Å². The highest BCUT2D eigenvalue weighted by Crippen LogP contribution is 2.24. The Morgan fingerprint density at radius 1 is 1.30 bits per heavy atom. The molecule has 1 heterocycles. The van der Waals surface area contributed by atoms with Crippen LogP contribution >= 0.6 is 24.0 Å². The number of nitrogens with one attached hydrogen (secondary N) is 1. The first-order chi connectivity index (χ1) is 13.6. The lowest BCUT2D eigenvalue weighted by atomic mass is 9.99. The summed E-state index contributed by atoms with van der Waals surface area (Å²) < 4.78 is 31.4. The summed E-state index contributed by atoms with van der Waals surface area (Å²) in [5, 5.41) is 3.29. The Labute approximate surface area is 197 Å². The fraction of sp³-hybridized carbons (Fsp3) is 0.600. The lowest BCUT2D eigenvalue weighted by molar-refractivity contribution is -0.145. The molecule has 1 fully saturated rings. The van der Waals surface area contributed by atoms with Crippen LogP contribution in [0.25, 0.3) is 0 Å². The number of rotatable bonds is 6. The molecule has 1 N–H and O–H groups in total. The van der Waals surface area contributed by atoms with Crippen molar-refractivity contribution >= 4 is 45.9 Å². The standard InChI is InChI=1S/C20H32N4O4S.HI/c1-14(2)23(5)29(26,27)17-9-7-16(8-10-17)11-22-20(21-4)24-12-15(3)18(13-24)19(25)28-6;/h7-10,14-15,18H,11-13H2,1-6H3,(H,21,22);1H. The van der Waals surface area contributed by atoms with Crippen molar-refractivity contribution in [3.63, 3.8) is 0 Å². The van der Waals surface area contributed by atoms with Crippen LogP contribution in [0.4, 0.5) is 0 Å².